The summed E-state index contributed by atoms with van der Waals surface area (Å²) in [5, 5.41) is 12.8. The van der Waals surface area contributed by atoms with Crippen molar-refractivity contribution in [2.24, 2.45) is 0 Å². The quantitative estimate of drug-likeness (QED) is 0.676. The molecule has 0 saturated heterocycles. The fraction of sp³-hybridized carbons (Fsp3) is 0.182. The minimum absolute atomic E-state index is 0.157. The fourth-order valence-corrected chi connectivity index (χ4v) is 1.03. The maximum Gasteiger partial charge on any atom is 0.222 e. The first kappa shape index (κ1) is 11.9. The Morgan fingerprint density at radius 2 is 2.25 bits per heavy atom. The Kier molecular flexibility index (Phi) is 4.20. The first-order valence-electron chi connectivity index (χ1n) is 4.80. The largest absolute Gasteiger partial charge is 0.361 e. The van der Waals surface area contributed by atoms with E-state index in [2.05, 4.69) is 15.6 Å². The first-order chi connectivity index (χ1) is 7.58. The number of amides is 1. The molecule has 1 aromatic rings. The lowest BCUT2D eigenvalue weighted by atomic mass is 10.3. The monoisotopic (exact) mass is 218 g/mol. The van der Waals surface area contributed by atoms with Crippen LogP contribution in [0, 0.1) is 5.41 Å². The molecular formula is C11H14N4O. The van der Waals surface area contributed by atoms with Crippen LogP contribution in [0.5, 0.6) is 0 Å². The molecule has 0 aliphatic heterocycles. The number of pyridine rings is 1. The summed E-state index contributed by atoms with van der Waals surface area (Å²) in [4.78, 5) is 14.8. The molecule has 0 aliphatic carbocycles. The summed E-state index contributed by atoms with van der Waals surface area (Å²) in [6, 6.07) is 3.49. The SMILES string of the molecule is CC(=N)/C=C\Nc1ccnc(NC(C)=O)c1. The summed E-state index contributed by atoms with van der Waals surface area (Å²) >= 11 is 0. The van der Waals surface area contributed by atoms with Crippen molar-refractivity contribution in [3.63, 3.8) is 0 Å². The molecule has 0 radical (unpaired) electrons. The Bertz CT molecular complexity index is 426. The van der Waals surface area contributed by atoms with Crippen molar-refractivity contribution in [3.8, 4) is 0 Å². The van der Waals surface area contributed by atoms with E-state index in [0.29, 0.717) is 11.5 Å². The van der Waals surface area contributed by atoms with Gasteiger partial charge >= 0.3 is 0 Å². The molecule has 0 aliphatic rings. The van der Waals surface area contributed by atoms with Crippen LogP contribution in [0.2, 0.25) is 0 Å². The number of anilines is 2. The topological polar surface area (TPSA) is 77.9 Å². The minimum atomic E-state index is -0.157. The second kappa shape index (κ2) is 5.65. The molecule has 5 nitrogen and oxygen atoms in total. The Balaban J connectivity index is 2.67. The average Bonchev–Trinajstić information content (AvgIpc) is 2.16. The molecule has 0 unspecified atom stereocenters. The van der Waals surface area contributed by atoms with Crippen LogP contribution in [0.4, 0.5) is 11.5 Å². The van der Waals surface area contributed by atoms with E-state index in [-0.39, 0.29) is 5.91 Å². The van der Waals surface area contributed by atoms with E-state index in [4.69, 9.17) is 5.41 Å². The van der Waals surface area contributed by atoms with Gasteiger partial charge in [0.05, 0.1) is 0 Å². The summed E-state index contributed by atoms with van der Waals surface area (Å²) in [6.07, 6.45) is 4.90. The van der Waals surface area contributed by atoms with Gasteiger partial charge in [-0.2, -0.15) is 0 Å². The number of nitrogens with one attached hydrogen (secondary N) is 3. The highest BCUT2D eigenvalue weighted by Gasteiger charge is 1.97. The Labute approximate surface area is 94.1 Å². The average molecular weight is 218 g/mol. The molecule has 1 heterocycles. The van der Waals surface area contributed by atoms with Crippen LogP contribution in [-0.2, 0) is 4.79 Å². The summed E-state index contributed by atoms with van der Waals surface area (Å²) in [5.74, 6) is 0.341. The molecule has 1 rings (SSSR count). The van der Waals surface area contributed by atoms with Gasteiger partial charge in [-0.15, -0.1) is 0 Å². The molecule has 0 saturated carbocycles. The van der Waals surface area contributed by atoms with E-state index in [9.17, 15) is 4.79 Å². The number of nitrogens with zero attached hydrogens (tertiary/aromatic N) is 1. The Morgan fingerprint density at radius 3 is 2.88 bits per heavy atom. The van der Waals surface area contributed by atoms with Crippen LogP contribution in [0.25, 0.3) is 0 Å². The van der Waals surface area contributed by atoms with Crippen molar-refractivity contribution < 1.29 is 4.79 Å². The smallest absolute Gasteiger partial charge is 0.222 e. The molecule has 1 aromatic heterocycles. The highest BCUT2D eigenvalue weighted by molar-refractivity contribution is 5.90. The Hall–Kier alpha value is -2.17. The third kappa shape index (κ3) is 4.36. The van der Waals surface area contributed by atoms with E-state index >= 15 is 0 Å². The number of carbonyl (C=O) groups is 1. The van der Waals surface area contributed by atoms with Crippen LogP contribution < -0.4 is 10.6 Å². The highest BCUT2D eigenvalue weighted by atomic mass is 16.1. The molecule has 84 valence electrons. The molecule has 0 atom stereocenters. The predicted octanol–water partition coefficient (Wildman–Crippen LogP) is 2.01. The zero-order valence-electron chi connectivity index (χ0n) is 9.24. The summed E-state index contributed by atoms with van der Waals surface area (Å²) in [5.41, 5.74) is 1.26. The van der Waals surface area contributed by atoms with E-state index in [1.165, 1.54) is 6.92 Å². The molecule has 1 amide bonds. The van der Waals surface area contributed by atoms with Crippen molar-refractivity contribution in [3.05, 3.63) is 30.6 Å². The van der Waals surface area contributed by atoms with E-state index < -0.39 is 0 Å². The van der Waals surface area contributed by atoms with Crippen LogP contribution in [-0.4, -0.2) is 16.6 Å². The van der Waals surface area contributed by atoms with Gasteiger partial charge in [0.1, 0.15) is 5.82 Å². The molecule has 0 spiro atoms. The van der Waals surface area contributed by atoms with Gasteiger partial charge < -0.3 is 16.0 Å². The molecule has 0 fully saturated rings. The summed E-state index contributed by atoms with van der Waals surface area (Å²) < 4.78 is 0. The fourth-order valence-electron chi connectivity index (χ4n) is 1.03. The number of hydrogen-bond acceptors (Lipinski definition) is 4. The first-order valence-corrected chi connectivity index (χ1v) is 4.80. The highest BCUT2D eigenvalue weighted by Crippen LogP contribution is 2.11. The molecule has 0 aromatic carbocycles. The third-order valence-electron chi connectivity index (χ3n) is 1.65. The zero-order valence-corrected chi connectivity index (χ0v) is 9.24. The lowest BCUT2D eigenvalue weighted by molar-refractivity contribution is -0.114. The Morgan fingerprint density at radius 1 is 1.50 bits per heavy atom. The maximum atomic E-state index is 10.8. The number of carbonyl (C=O) groups excluding carboxylic acids is 1. The van der Waals surface area contributed by atoms with Crippen molar-refractivity contribution in [1.82, 2.24) is 4.98 Å². The van der Waals surface area contributed by atoms with E-state index in [1.54, 1.807) is 37.5 Å². The van der Waals surface area contributed by atoms with Crippen LogP contribution in [0.1, 0.15) is 13.8 Å². The molecule has 5 heteroatoms. The van der Waals surface area contributed by atoms with Crippen molar-refractivity contribution >= 4 is 23.1 Å². The second-order valence-corrected chi connectivity index (χ2v) is 3.27. The number of hydrogen-bond donors (Lipinski definition) is 3. The molecule has 0 bridgehead atoms. The molecular weight excluding hydrogens is 204 g/mol. The third-order valence-corrected chi connectivity index (χ3v) is 1.65. The van der Waals surface area contributed by atoms with Crippen molar-refractivity contribution in [2.75, 3.05) is 10.6 Å². The number of rotatable bonds is 4. The number of allylic oxidation sites excluding steroid dienone is 1. The number of aromatic nitrogens is 1. The predicted molar refractivity (Wildman–Crippen MR) is 64.7 cm³/mol. The van der Waals surface area contributed by atoms with Crippen LogP contribution >= 0.6 is 0 Å². The van der Waals surface area contributed by atoms with Gasteiger partial charge in [0.2, 0.25) is 5.91 Å². The normalized spacial score (nSPS) is 10.1. The van der Waals surface area contributed by atoms with Gasteiger partial charge in [-0.3, -0.25) is 4.79 Å². The standard InChI is InChI=1S/C11H14N4O/c1-8(12)3-5-13-10-4-6-14-11(7-10)15-9(2)16/h3-7,12H,1-2H3,(H2,13,14,15,16)/b5-3-,12-8?. The zero-order chi connectivity index (χ0) is 12.0. The van der Waals surface area contributed by atoms with Gasteiger partial charge in [-0.1, -0.05) is 0 Å². The minimum Gasteiger partial charge on any atom is -0.361 e. The van der Waals surface area contributed by atoms with Gasteiger partial charge in [0, 0.05) is 36.8 Å². The summed E-state index contributed by atoms with van der Waals surface area (Å²) in [6.45, 7) is 3.12. The van der Waals surface area contributed by atoms with Gasteiger partial charge in [0.15, 0.2) is 0 Å². The van der Waals surface area contributed by atoms with Gasteiger partial charge in [0.25, 0.3) is 0 Å². The summed E-state index contributed by atoms with van der Waals surface area (Å²) in [7, 11) is 0. The second-order valence-electron chi connectivity index (χ2n) is 3.27. The van der Waals surface area contributed by atoms with E-state index in [0.717, 1.165) is 5.69 Å². The lowest BCUT2D eigenvalue weighted by Crippen LogP contribution is -2.07. The van der Waals surface area contributed by atoms with E-state index in [1.807, 2.05) is 0 Å². The molecule has 3 N–H and O–H groups in total. The van der Waals surface area contributed by atoms with Crippen LogP contribution in [0.15, 0.2) is 30.6 Å². The maximum absolute atomic E-state index is 10.8. The van der Waals surface area contributed by atoms with Crippen molar-refractivity contribution in [2.45, 2.75) is 13.8 Å². The van der Waals surface area contributed by atoms with Gasteiger partial charge in [-0.05, 0) is 19.1 Å². The lowest BCUT2D eigenvalue weighted by Gasteiger charge is -2.04. The van der Waals surface area contributed by atoms with Crippen molar-refractivity contribution in [1.29, 1.82) is 5.41 Å². The van der Waals surface area contributed by atoms with Gasteiger partial charge in [-0.25, -0.2) is 4.98 Å². The van der Waals surface area contributed by atoms with Crippen LogP contribution in [0.3, 0.4) is 0 Å². The molecule has 16 heavy (non-hydrogen) atoms.